The molecule has 0 amide bonds. The summed E-state index contributed by atoms with van der Waals surface area (Å²) in [6, 6.07) is 23.5. The van der Waals surface area contributed by atoms with E-state index in [-0.39, 0.29) is 35.8 Å². The molecular formula is C24H16N2O4. The average molecular weight is 396 g/mol. The summed E-state index contributed by atoms with van der Waals surface area (Å²) in [6.07, 6.45) is 0. The molecule has 0 aromatic heterocycles. The highest BCUT2D eigenvalue weighted by atomic mass is 16.5. The quantitative estimate of drug-likeness (QED) is 0.535. The molecule has 0 spiro atoms. The third-order valence-corrected chi connectivity index (χ3v) is 4.24. The van der Waals surface area contributed by atoms with Crippen LogP contribution >= 0.6 is 0 Å². The molecule has 3 rings (SSSR count). The molecule has 0 aliphatic rings. The Morgan fingerprint density at radius 3 is 1.33 bits per heavy atom. The van der Waals surface area contributed by atoms with Crippen molar-refractivity contribution in [3.8, 4) is 23.6 Å². The Morgan fingerprint density at radius 1 is 0.633 bits per heavy atom. The van der Waals surface area contributed by atoms with Crippen LogP contribution in [0.4, 0.5) is 0 Å². The van der Waals surface area contributed by atoms with E-state index in [1.54, 1.807) is 60.7 Å². The molecular weight excluding hydrogens is 380 g/mol. The van der Waals surface area contributed by atoms with E-state index in [9.17, 15) is 9.59 Å². The fraction of sp³-hybridized carbons (Fsp3) is 0.0833. The highest BCUT2D eigenvalue weighted by Gasteiger charge is 2.28. The highest BCUT2D eigenvalue weighted by Crippen LogP contribution is 2.34. The Balaban J connectivity index is 2.26. The fourth-order valence-corrected chi connectivity index (χ4v) is 2.94. The fourth-order valence-electron chi connectivity index (χ4n) is 2.94. The zero-order chi connectivity index (χ0) is 21.3. The van der Waals surface area contributed by atoms with Crippen LogP contribution in [-0.2, 0) is 0 Å². The van der Waals surface area contributed by atoms with Crippen LogP contribution in [0.2, 0.25) is 0 Å². The van der Waals surface area contributed by atoms with Crippen LogP contribution < -0.4 is 9.47 Å². The molecule has 3 aromatic carbocycles. The van der Waals surface area contributed by atoms with Crippen molar-refractivity contribution >= 4 is 11.6 Å². The molecule has 6 heteroatoms. The van der Waals surface area contributed by atoms with E-state index in [0.29, 0.717) is 11.1 Å². The number of ketones is 2. The van der Waals surface area contributed by atoms with Gasteiger partial charge in [0.15, 0.2) is 24.8 Å². The molecule has 0 unspecified atom stereocenters. The number of benzene rings is 3. The summed E-state index contributed by atoms with van der Waals surface area (Å²) >= 11 is 0. The first-order valence-electron chi connectivity index (χ1n) is 9.03. The largest absolute Gasteiger partial charge is 0.478 e. The summed E-state index contributed by atoms with van der Waals surface area (Å²) in [5.74, 6) is -0.724. The van der Waals surface area contributed by atoms with Crippen LogP contribution in [-0.4, -0.2) is 24.8 Å². The lowest BCUT2D eigenvalue weighted by molar-refractivity contribution is 0.0997. The van der Waals surface area contributed by atoms with Crippen molar-refractivity contribution in [1.29, 1.82) is 10.5 Å². The molecule has 3 aromatic rings. The molecule has 0 atom stereocenters. The van der Waals surface area contributed by atoms with Gasteiger partial charge in [0.25, 0.3) is 0 Å². The van der Waals surface area contributed by atoms with E-state index in [0.717, 1.165) is 0 Å². The zero-order valence-corrected chi connectivity index (χ0v) is 15.9. The minimum absolute atomic E-state index is 0.0132. The van der Waals surface area contributed by atoms with Gasteiger partial charge in [0, 0.05) is 11.1 Å². The summed E-state index contributed by atoms with van der Waals surface area (Å²) in [6.45, 7) is -0.598. The van der Waals surface area contributed by atoms with Crippen LogP contribution in [0.5, 0.6) is 11.5 Å². The number of carbonyl (C=O) groups is 2. The van der Waals surface area contributed by atoms with Gasteiger partial charge in [-0.15, -0.1) is 0 Å². The SMILES string of the molecule is N#CCOc1ccc(OCC#N)c(C(=O)c2ccccc2)c1C(=O)c1ccccc1. The van der Waals surface area contributed by atoms with Crippen molar-refractivity contribution in [2.75, 3.05) is 13.2 Å². The van der Waals surface area contributed by atoms with Gasteiger partial charge in [0.1, 0.15) is 23.6 Å². The van der Waals surface area contributed by atoms with Gasteiger partial charge in [-0.1, -0.05) is 60.7 Å². The Hall–Kier alpha value is -4.42. The standard InChI is InChI=1S/C24H16N2O4/c25-13-15-29-19-11-12-20(30-16-14-26)22(24(28)18-9-5-2-6-10-18)21(19)23(27)17-7-3-1-4-8-17/h1-12H,15-16H2. The van der Waals surface area contributed by atoms with Crippen LogP contribution in [0.15, 0.2) is 72.8 Å². The monoisotopic (exact) mass is 396 g/mol. The molecule has 0 saturated heterocycles. The maximum absolute atomic E-state index is 13.4. The minimum Gasteiger partial charge on any atom is -0.478 e. The molecule has 0 aliphatic heterocycles. The summed E-state index contributed by atoms with van der Waals surface area (Å²) in [5.41, 5.74) is 0.666. The third kappa shape index (κ3) is 4.35. The van der Waals surface area contributed by atoms with Crippen molar-refractivity contribution < 1.29 is 19.1 Å². The normalized spacial score (nSPS) is 9.80. The van der Waals surface area contributed by atoms with E-state index in [4.69, 9.17) is 20.0 Å². The molecule has 0 aliphatic carbocycles. The molecule has 30 heavy (non-hydrogen) atoms. The molecule has 6 nitrogen and oxygen atoms in total. The number of hydrogen-bond donors (Lipinski definition) is 0. The van der Waals surface area contributed by atoms with E-state index in [1.165, 1.54) is 12.1 Å². The topological polar surface area (TPSA) is 100 Å². The van der Waals surface area contributed by atoms with Gasteiger partial charge in [-0.2, -0.15) is 10.5 Å². The summed E-state index contributed by atoms with van der Waals surface area (Å²) < 4.78 is 10.9. The second-order valence-electron chi connectivity index (χ2n) is 6.10. The van der Waals surface area contributed by atoms with Gasteiger partial charge in [-0.05, 0) is 12.1 Å². The molecule has 0 N–H and O–H groups in total. The number of carbonyl (C=O) groups excluding carboxylic acids is 2. The number of ether oxygens (including phenoxy) is 2. The predicted octanol–water partition coefficient (Wildman–Crippen LogP) is 3.95. The Kier molecular flexibility index (Phi) is 6.55. The van der Waals surface area contributed by atoms with Crippen LogP contribution in [0.1, 0.15) is 31.8 Å². The predicted molar refractivity (Wildman–Crippen MR) is 108 cm³/mol. The van der Waals surface area contributed by atoms with Crippen molar-refractivity contribution in [1.82, 2.24) is 0 Å². The molecule has 0 heterocycles. The smallest absolute Gasteiger partial charge is 0.197 e. The first kappa shape index (κ1) is 20.3. The number of nitriles is 2. The lowest BCUT2D eigenvalue weighted by atomic mass is 9.91. The first-order valence-corrected chi connectivity index (χ1v) is 9.03. The van der Waals surface area contributed by atoms with Gasteiger partial charge in [0.2, 0.25) is 0 Å². The molecule has 0 saturated carbocycles. The molecule has 0 bridgehead atoms. The van der Waals surface area contributed by atoms with Gasteiger partial charge >= 0.3 is 0 Å². The number of rotatable bonds is 8. The van der Waals surface area contributed by atoms with Crippen molar-refractivity contribution in [3.63, 3.8) is 0 Å². The van der Waals surface area contributed by atoms with Crippen molar-refractivity contribution in [2.45, 2.75) is 0 Å². The van der Waals surface area contributed by atoms with E-state index in [1.807, 2.05) is 12.1 Å². The minimum atomic E-state index is -0.453. The number of hydrogen-bond acceptors (Lipinski definition) is 6. The van der Waals surface area contributed by atoms with Gasteiger partial charge in [-0.3, -0.25) is 9.59 Å². The Bertz CT molecular complexity index is 1050. The molecule has 146 valence electrons. The Morgan fingerprint density at radius 2 is 1.00 bits per heavy atom. The molecule has 0 fully saturated rings. The van der Waals surface area contributed by atoms with Gasteiger partial charge in [-0.25, -0.2) is 0 Å². The second kappa shape index (κ2) is 9.68. The summed E-state index contributed by atoms with van der Waals surface area (Å²) in [5, 5.41) is 17.8. The summed E-state index contributed by atoms with van der Waals surface area (Å²) in [4.78, 5) is 26.8. The van der Waals surface area contributed by atoms with Crippen molar-refractivity contribution in [2.24, 2.45) is 0 Å². The third-order valence-electron chi connectivity index (χ3n) is 4.24. The molecule has 0 radical (unpaired) electrons. The lowest BCUT2D eigenvalue weighted by Gasteiger charge is -2.17. The van der Waals surface area contributed by atoms with Gasteiger partial charge < -0.3 is 9.47 Å². The van der Waals surface area contributed by atoms with Crippen LogP contribution in [0.25, 0.3) is 0 Å². The van der Waals surface area contributed by atoms with E-state index >= 15 is 0 Å². The lowest BCUT2D eigenvalue weighted by Crippen LogP contribution is -2.16. The first-order chi connectivity index (χ1) is 14.7. The maximum atomic E-state index is 13.4. The van der Waals surface area contributed by atoms with E-state index in [2.05, 4.69) is 0 Å². The number of nitrogens with zero attached hydrogens (tertiary/aromatic N) is 2. The maximum Gasteiger partial charge on any atom is 0.197 e. The van der Waals surface area contributed by atoms with Crippen LogP contribution in [0, 0.1) is 22.7 Å². The zero-order valence-electron chi connectivity index (χ0n) is 15.9. The van der Waals surface area contributed by atoms with Gasteiger partial charge in [0.05, 0.1) is 11.1 Å². The average Bonchev–Trinajstić information content (AvgIpc) is 2.81. The van der Waals surface area contributed by atoms with Crippen molar-refractivity contribution in [3.05, 3.63) is 95.1 Å². The van der Waals surface area contributed by atoms with E-state index < -0.39 is 11.6 Å². The van der Waals surface area contributed by atoms with Crippen LogP contribution in [0.3, 0.4) is 0 Å². The Labute approximate surface area is 173 Å². The summed E-state index contributed by atoms with van der Waals surface area (Å²) in [7, 11) is 0. The highest BCUT2D eigenvalue weighted by molar-refractivity contribution is 6.22. The second-order valence-corrected chi connectivity index (χ2v) is 6.10.